The summed E-state index contributed by atoms with van der Waals surface area (Å²) in [4.78, 5) is 0. The van der Waals surface area contributed by atoms with E-state index in [0.29, 0.717) is 12.3 Å². The zero-order chi connectivity index (χ0) is 14.5. The maximum Gasteiger partial charge on any atom is 0.160 e. The van der Waals surface area contributed by atoms with Crippen LogP contribution in [0.25, 0.3) is 0 Å². The third-order valence-corrected chi connectivity index (χ3v) is 3.21. The first-order valence-corrected chi connectivity index (χ1v) is 6.45. The summed E-state index contributed by atoms with van der Waals surface area (Å²) in [5.74, 6) is 0.333. The number of methoxy groups -OCH3 is 1. The van der Waals surface area contributed by atoms with Crippen LogP contribution in [0.15, 0.2) is 42.5 Å². The number of ether oxygens (including phenoxy) is 1. The fraction of sp³-hybridized carbons (Fsp3) is 0.250. The van der Waals surface area contributed by atoms with Crippen molar-refractivity contribution in [2.75, 3.05) is 7.11 Å². The van der Waals surface area contributed by atoms with Crippen LogP contribution >= 0.6 is 0 Å². The second-order valence-electron chi connectivity index (χ2n) is 4.66. The number of halogens is 1. The molecule has 0 aliphatic rings. The van der Waals surface area contributed by atoms with Crippen molar-refractivity contribution in [3.8, 4) is 11.5 Å². The van der Waals surface area contributed by atoms with Crippen molar-refractivity contribution in [2.45, 2.75) is 19.5 Å². The molecule has 2 N–H and O–H groups in total. The molecule has 0 amide bonds. The average Bonchev–Trinajstić information content (AvgIpc) is 2.46. The molecule has 1 unspecified atom stereocenters. The van der Waals surface area contributed by atoms with E-state index >= 15 is 0 Å². The molecular weight excluding hydrogens is 257 g/mol. The monoisotopic (exact) mass is 275 g/mol. The normalized spacial score (nSPS) is 12.2. The molecule has 3 nitrogen and oxygen atoms in total. The molecular formula is C16H18FNO2. The van der Waals surface area contributed by atoms with Gasteiger partial charge >= 0.3 is 0 Å². The van der Waals surface area contributed by atoms with Crippen LogP contribution < -0.4 is 10.1 Å². The zero-order valence-corrected chi connectivity index (χ0v) is 11.6. The van der Waals surface area contributed by atoms with Crippen LogP contribution in [0.2, 0.25) is 0 Å². The third kappa shape index (κ3) is 3.48. The molecule has 1 atom stereocenters. The predicted octanol–water partition coefficient (Wildman–Crippen LogP) is 3.39. The van der Waals surface area contributed by atoms with E-state index in [0.717, 1.165) is 11.1 Å². The molecule has 0 bridgehead atoms. The minimum absolute atomic E-state index is 0.0329. The molecule has 4 heteroatoms. The van der Waals surface area contributed by atoms with Gasteiger partial charge < -0.3 is 15.2 Å². The number of hydrogen-bond donors (Lipinski definition) is 2. The maximum absolute atomic E-state index is 13.2. The van der Waals surface area contributed by atoms with Crippen molar-refractivity contribution >= 4 is 0 Å². The lowest BCUT2D eigenvalue weighted by Gasteiger charge is -2.15. The summed E-state index contributed by atoms with van der Waals surface area (Å²) >= 11 is 0. The van der Waals surface area contributed by atoms with E-state index in [1.165, 1.54) is 19.2 Å². The van der Waals surface area contributed by atoms with Crippen LogP contribution in [0, 0.1) is 5.82 Å². The van der Waals surface area contributed by atoms with Gasteiger partial charge in [0.15, 0.2) is 11.5 Å². The first-order chi connectivity index (χ1) is 9.60. The van der Waals surface area contributed by atoms with Crippen molar-refractivity contribution in [1.29, 1.82) is 0 Å². The first kappa shape index (κ1) is 14.3. The van der Waals surface area contributed by atoms with E-state index in [1.54, 1.807) is 18.2 Å². The highest BCUT2D eigenvalue weighted by atomic mass is 19.1. The average molecular weight is 275 g/mol. The number of rotatable bonds is 5. The molecule has 20 heavy (non-hydrogen) atoms. The van der Waals surface area contributed by atoms with Crippen LogP contribution in [0.5, 0.6) is 11.5 Å². The second kappa shape index (κ2) is 6.39. The largest absolute Gasteiger partial charge is 0.504 e. The highest BCUT2D eigenvalue weighted by Gasteiger charge is 2.07. The smallest absolute Gasteiger partial charge is 0.160 e. The topological polar surface area (TPSA) is 41.5 Å². The van der Waals surface area contributed by atoms with Crippen LogP contribution in [0.1, 0.15) is 24.1 Å². The van der Waals surface area contributed by atoms with Gasteiger partial charge in [-0.25, -0.2) is 4.39 Å². The summed E-state index contributed by atoms with van der Waals surface area (Å²) in [7, 11) is 1.52. The lowest BCUT2D eigenvalue weighted by atomic mass is 10.1. The van der Waals surface area contributed by atoms with E-state index in [2.05, 4.69) is 5.32 Å². The van der Waals surface area contributed by atoms with Gasteiger partial charge in [-0.3, -0.25) is 0 Å². The summed E-state index contributed by atoms with van der Waals surface area (Å²) in [6.45, 7) is 2.58. The van der Waals surface area contributed by atoms with Gasteiger partial charge in [-0.05, 0) is 42.3 Å². The molecule has 0 aromatic heterocycles. The van der Waals surface area contributed by atoms with Crippen molar-refractivity contribution in [1.82, 2.24) is 5.32 Å². The Labute approximate surface area is 118 Å². The van der Waals surface area contributed by atoms with Crippen molar-refractivity contribution in [3.05, 3.63) is 59.4 Å². The molecule has 0 aliphatic heterocycles. The molecule has 2 aromatic rings. The van der Waals surface area contributed by atoms with Crippen molar-refractivity contribution in [3.63, 3.8) is 0 Å². The second-order valence-corrected chi connectivity index (χ2v) is 4.66. The Bertz CT molecular complexity index is 586. The lowest BCUT2D eigenvalue weighted by molar-refractivity contribution is 0.372. The van der Waals surface area contributed by atoms with Gasteiger partial charge in [-0.15, -0.1) is 0 Å². The Kier molecular flexibility index (Phi) is 4.58. The first-order valence-electron chi connectivity index (χ1n) is 6.45. The molecule has 0 fully saturated rings. The van der Waals surface area contributed by atoms with E-state index < -0.39 is 0 Å². The number of phenolic OH excluding ortho intramolecular Hbond substituents is 1. The summed E-state index contributed by atoms with van der Waals surface area (Å²) in [6, 6.07) is 11.8. The number of hydrogen-bond acceptors (Lipinski definition) is 3. The van der Waals surface area contributed by atoms with Gasteiger partial charge in [0.25, 0.3) is 0 Å². The van der Waals surface area contributed by atoms with Gasteiger partial charge in [0.1, 0.15) is 5.82 Å². The number of phenols is 1. The third-order valence-electron chi connectivity index (χ3n) is 3.21. The standard InChI is InChI=1S/C16H18FNO2/c1-11(13-4-3-5-14(17)9-13)18-10-12-6-7-15(19)16(8-12)20-2/h3-9,11,18-19H,10H2,1-2H3. The summed E-state index contributed by atoms with van der Waals surface area (Å²) in [5, 5.41) is 12.8. The Morgan fingerprint density at radius 3 is 2.75 bits per heavy atom. The molecule has 2 rings (SSSR count). The van der Waals surface area contributed by atoms with Crippen LogP contribution in [0.4, 0.5) is 4.39 Å². The SMILES string of the molecule is COc1cc(CNC(C)c2cccc(F)c2)ccc1O. The quantitative estimate of drug-likeness (QED) is 0.879. The fourth-order valence-electron chi connectivity index (χ4n) is 2.00. The molecule has 0 radical (unpaired) electrons. The van der Waals surface area contributed by atoms with E-state index in [4.69, 9.17) is 4.74 Å². The predicted molar refractivity (Wildman–Crippen MR) is 76.3 cm³/mol. The molecule has 2 aromatic carbocycles. The summed E-state index contributed by atoms with van der Waals surface area (Å²) in [5.41, 5.74) is 1.89. The van der Waals surface area contributed by atoms with Gasteiger partial charge in [0.05, 0.1) is 7.11 Å². The van der Waals surface area contributed by atoms with E-state index in [1.807, 2.05) is 19.1 Å². The van der Waals surface area contributed by atoms with Gasteiger partial charge in [-0.1, -0.05) is 18.2 Å². The zero-order valence-electron chi connectivity index (χ0n) is 11.6. The Morgan fingerprint density at radius 1 is 1.25 bits per heavy atom. The number of aromatic hydroxyl groups is 1. The summed E-state index contributed by atoms with van der Waals surface area (Å²) in [6.07, 6.45) is 0. The van der Waals surface area contributed by atoms with Gasteiger partial charge in [0.2, 0.25) is 0 Å². The van der Waals surface area contributed by atoms with Crippen LogP contribution in [-0.4, -0.2) is 12.2 Å². The van der Waals surface area contributed by atoms with Crippen molar-refractivity contribution in [2.24, 2.45) is 0 Å². The fourth-order valence-corrected chi connectivity index (χ4v) is 2.00. The lowest BCUT2D eigenvalue weighted by Crippen LogP contribution is -2.18. The minimum atomic E-state index is -0.234. The number of benzene rings is 2. The van der Waals surface area contributed by atoms with E-state index in [9.17, 15) is 9.50 Å². The highest BCUT2D eigenvalue weighted by molar-refractivity contribution is 5.41. The Balaban J connectivity index is 2.01. The molecule has 0 aliphatic carbocycles. The summed E-state index contributed by atoms with van der Waals surface area (Å²) < 4.78 is 18.2. The van der Waals surface area contributed by atoms with E-state index in [-0.39, 0.29) is 17.6 Å². The van der Waals surface area contributed by atoms with Crippen molar-refractivity contribution < 1.29 is 14.2 Å². The maximum atomic E-state index is 13.2. The van der Waals surface area contributed by atoms with Gasteiger partial charge in [0, 0.05) is 12.6 Å². The van der Waals surface area contributed by atoms with Crippen LogP contribution in [0.3, 0.4) is 0 Å². The Morgan fingerprint density at radius 2 is 2.05 bits per heavy atom. The van der Waals surface area contributed by atoms with Gasteiger partial charge in [-0.2, -0.15) is 0 Å². The van der Waals surface area contributed by atoms with Crippen LogP contribution in [-0.2, 0) is 6.54 Å². The minimum Gasteiger partial charge on any atom is -0.504 e. The Hall–Kier alpha value is -2.07. The molecule has 106 valence electrons. The molecule has 0 saturated heterocycles. The molecule has 0 saturated carbocycles. The molecule has 0 heterocycles. The number of nitrogens with one attached hydrogen (secondary N) is 1. The molecule has 0 spiro atoms. The highest BCUT2D eigenvalue weighted by Crippen LogP contribution is 2.26.